The number of benzene rings is 3. The summed E-state index contributed by atoms with van der Waals surface area (Å²) in [5, 5.41) is 3.63. The molecule has 1 saturated carbocycles. The van der Waals surface area contributed by atoms with E-state index in [9.17, 15) is 22.8 Å². The summed E-state index contributed by atoms with van der Waals surface area (Å²) in [6, 6.07) is 22.1. The van der Waals surface area contributed by atoms with E-state index in [-0.39, 0.29) is 30.2 Å². The molecule has 3 amide bonds. The molecule has 2 N–H and O–H groups in total. The summed E-state index contributed by atoms with van der Waals surface area (Å²) >= 11 is 0. The highest BCUT2D eigenvalue weighted by Gasteiger charge is 2.61. The van der Waals surface area contributed by atoms with Crippen LogP contribution < -0.4 is 24.2 Å². The fourth-order valence-corrected chi connectivity index (χ4v) is 8.35. The Kier molecular flexibility index (Phi) is 10.6. The van der Waals surface area contributed by atoms with E-state index >= 15 is 0 Å². The maximum absolute atomic E-state index is 14.2. The topological polar surface area (TPSA) is 153 Å². The standard InChI is InChI=1S/C41H44N4O8S/c1-27(46)45-26-32(53-38-24-35(28-13-8-7-9-14-28)42-36-22-30(51-2)18-19-34(36)38)23-37(45)39(47)43-41-25-29(41)15-10-5-3-4-6-11-20-52-31-16-12-17-33(21-31)54(49,50)44-40(41)48/h7-10,12-19,21-22,24,29,32,37H,3-6,11,20,23,25-26H2,1-2H3,(H,43,47)(H,44,48)/t29-,32-,37+,41-/m1/s1. The fraction of sp³-hybridized carbons (Fsp3) is 0.366. The van der Waals surface area contributed by atoms with Crippen molar-refractivity contribution in [3.63, 3.8) is 0 Å². The van der Waals surface area contributed by atoms with Gasteiger partial charge in [-0.25, -0.2) is 18.1 Å². The molecule has 4 atom stereocenters. The van der Waals surface area contributed by atoms with E-state index in [0.717, 1.165) is 43.1 Å². The predicted molar refractivity (Wildman–Crippen MR) is 202 cm³/mol. The summed E-state index contributed by atoms with van der Waals surface area (Å²) in [7, 11) is -2.72. The van der Waals surface area contributed by atoms with Gasteiger partial charge in [0.05, 0.1) is 36.4 Å². The monoisotopic (exact) mass is 752 g/mol. The van der Waals surface area contributed by atoms with Crippen molar-refractivity contribution in [2.75, 3.05) is 20.3 Å². The molecule has 12 nitrogen and oxygen atoms in total. The van der Waals surface area contributed by atoms with Crippen LogP contribution in [-0.4, -0.2) is 74.0 Å². The van der Waals surface area contributed by atoms with E-state index in [1.165, 1.54) is 24.0 Å². The van der Waals surface area contributed by atoms with Gasteiger partial charge in [0, 0.05) is 48.4 Å². The van der Waals surface area contributed by atoms with Crippen molar-refractivity contribution in [1.29, 1.82) is 0 Å². The fourth-order valence-electron chi connectivity index (χ4n) is 7.27. The first kappa shape index (κ1) is 36.9. The Morgan fingerprint density at radius 2 is 1.81 bits per heavy atom. The Hall–Kier alpha value is -5.43. The van der Waals surface area contributed by atoms with Gasteiger partial charge in [-0.2, -0.15) is 0 Å². The number of hydrogen-bond acceptors (Lipinski definition) is 9. The SMILES string of the molecule is COc1ccc2c(O[C@@H]3C[C@@H](C(=O)N[C@]45C[C@H]4C=CCCCCCCOc4cccc(c4)S(=O)(=O)NC5=O)N(C(C)=O)C3)cc(-c3ccccc3)nc2c1. The Balaban J connectivity index is 1.14. The minimum atomic E-state index is -4.31. The molecule has 4 aromatic rings. The van der Waals surface area contributed by atoms with E-state index in [1.54, 1.807) is 19.2 Å². The van der Waals surface area contributed by atoms with Gasteiger partial charge in [0.2, 0.25) is 11.8 Å². The Morgan fingerprint density at radius 3 is 2.61 bits per heavy atom. The van der Waals surface area contributed by atoms with Crippen LogP contribution in [0, 0.1) is 5.92 Å². The average Bonchev–Trinajstić information content (AvgIpc) is 3.69. The average molecular weight is 753 g/mol. The lowest BCUT2D eigenvalue weighted by Gasteiger charge is -2.25. The largest absolute Gasteiger partial charge is 0.497 e. The number of carbonyl (C=O) groups excluding carboxylic acids is 3. The molecule has 7 rings (SSSR count). The Morgan fingerprint density at radius 1 is 1.00 bits per heavy atom. The molecule has 0 radical (unpaired) electrons. The number of hydrogen-bond donors (Lipinski definition) is 2. The zero-order valence-corrected chi connectivity index (χ0v) is 31.1. The van der Waals surface area contributed by atoms with Crippen molar-refractivity contribution in [2.24, 2.45) is 5.92 Å². The van der Waals surface area contributed by atoms with Crippen LogP contribution >= 0.6 is 0 Å². The molecule has 2 bridgehead atoms. The smallest absolute Gasteiger partial charge is 0.264 e. The Labute approximate surface area is 314 Å². The molecule has 0 spiro atoms. The molecule has 3 heterocycles. The zero-order chi connectivity index (χ0) is 37.9. The number of carbonyl (C=O) groups is 3. The van der Waals surface area contributed by atoms with E-state index in [0.29, 0.717) is 35.1 Å². The van der Waals surface area contributed by atoms with Gasteiger partial charge in [0.25, 0.3) is 15.9 Å². The van der Waals surface area contributed by atoms with Crippen molar-refractivity contribution in [2.45, 2.75) is 74.4 Å². The van der Waals surface area contributed by atoms with Gasteiger partial charge in [-0.15, -0.1) is 0 Å². The van der Waals surface area contributed by atoms with Crippen LogP contribution in [0.5, 0.6) is 17.2 Å². The van der Waals surface area contributed by atoms with Gasteiger partial charge in [-0.05, 0) is 49.9 Å². The van der Waals surface area contributed by atoms with Gasteiger partial charge in [-0.1, -0.05) is 61.4 Å². The highest BCUT2D eigenvalue weighted by atomic mass is 32.2. The number of pyridine rings is 1. The van der Waals surface area contributed by atoms with Crippen LogP contribution in [0.25, 0.3) is 22.2 Å². The maximum Gasteiger partial charge on any atom is 0.264 e. The van der Waals surface area contributed by atoms with Crippen LogP contribution in [0.1, 0.15) is 51.9 Å². The van der Waals surface area contributed by atoms with Gasteiger partial charge >= 0.3 is 0 Å². The number of nitrogens with one attached hydrogen (secondary N) is 2. The molecule has 282 valence electrons. The van der Waals surface area contributed by atoms with Crippen molar-refractivity contribution in [1.82, 2.24) is 19.9 Å². The van der Waals surface area contributed by atoms with E-state index < -0.39 is 45.4 Å². The molecule has 0 unspecified atom stereocenters. The molecule has 1 aliphatic carbocycles. The van der Waals surface area contributed by atoms with Crippen molar-refractivity contribution < 1.29 is 37.0 Å². The van der Waals surface area contributed by atoms with Gasteiger partial charge in [0.1, 0.15) is 34.9 Å². The Bertz CT molecular complexity index is 2190. The lowest BCUT2D eigenvalue weighted by molar-refractivity contribution is -0.138. The second kappa shape index (κ2) is 15.5. The highest BCUT2D eigenvalue weighted by Crippen LogP contribution is 2.46. The number of fused-ring (bicyclic) bond motifs is 4. The van der Waals surface area contributed by atoms with Gasteiger partial charge in [0.15, 0.2) is 0 Å². The van der Waals surface area contributed by atoms with Crippen molar-refractivity contribution in [3.05, 3.63) is 91.0 Å². The third-order valence-corrected chi connectivity index (χ3v) is 11.7. The van der Waals surface area contributed by atoms with E-state index in [4.69, 9.17) is 19.2 Å². The minimum absolute atomic E-state index is 0.122. The molecule has 3 aliphatic rings. The third kappa shape index (κ3) is 7.91. The highest BCUT2D eigenvalue weighted by molar-refractivity contribution is 7.90. The van der Waals surface area contributed by atoms with E-state index in [2.05, 4.69) is 10.0 Å². The number of rotatable bonds is 6. The molecule has 1 aromatic heterocycles. The molecule has 3 aromatic carbocycles. The second-order valence-corrected chi connectivity index (χ2v) is 15.8. The maximum atomic E-state index is 14.2. The third-order valence-electron chi connectivity index (χ3n) is 10.3. The van der Waals surface area contributed by atoms with Crippen molar-refractivity contribution >= 4 is 38.6 Å². The molecular formula is C41H44N4O8S. The normalized spacial score (nSPS) is 24.0. The summed E-state index contributed by atoms with van der Waals surface area (Å²) in [4.78, 5) is 47.3. The van der Waals surface area contributed by atoms with Crippen LogP contribution in [0.15, 0.2) is 95.9 Å². The number of allylic oxidation sites excluding steroid dienone is 1. The number of aromatic nitrogens is 1. The number of ether oxygens (including phenoxy) is 3. The number of nitrogens with zero attached hydrogens (tertiary/aromatic N) is 2. The van der Waals surface area contributed by atoms with Crippen LogP contribution in [0.4, 0.5) is 0 Å². The molecular weight excluding hydrogens is 709 g/mol. The molecule has 2 aliphatic heterocycles. The molecule has 13 heteroatoms. The lowest BCUT2D eigenvalue weighted by atomic mass is 10.1. The minimum Gasteiger partial charge on any atom is -0.497 e. The van der Waals surface area contributed by atoms with Crippen LogP contribution in [0.2, 0.25) is 0 Å². The summed E-state index contributed by atoms with van der Waals surface area (Å²) in [5.74, 6) is -0.598. The van der Waals surface area contributed by atoms with Gasteiger partial charge in [-0.3, -0.25) is 14.4 Å². The summed E-state index contributed by atoms with van der Waals surface area (Å²) in [6.07, 6.45) is 8.18. The zero-order valence-electron chi connectivity index (χ0n) is 30.3. The van der Waals surface area contributed by atoms with Crippen LogP contribution in [0.3, 0.4) is 0 Å². The molecule has 1 saturated heterocycles. The first-order valence-electron chi connectivity index (χ1n) is 18.3. The predicted octanol–water partition coefficient (Wildman–Crippen LogP) is 5.56. The van der Waals surface area contributed by atoms with E-state index in [1.807, 2.05) is 66.7 Å². The number of sulfonamides is 1. The molecule has 2 fully saturated rings. The number of amides is 3. The quantitative estimate of drug-likeness (QED) is 0.241. The summed E-state index contributed by atoms with van der Waals surface area (Å²) in [5.41, 5.74) is 0.711. The first-order chi connectivity index (χ1) is 26.1. The summed E-state index contributed by atoms with van der Waals surface area (Å²) in [6.45, 7) is 1.97. The first-order valence-corrected chi connectivity index (χ1v) is 19.8. The second-order valence-electron chi connectivity index (χ2n) is 14.1. The van der Waals surface area contributed by atoms with Crippen molar-refractivity contribution in [3.8, 4) is 28.5 Å². The van der Waals surface area contributed by atoms with Gasteiger partial charge < -0.3 is 24.4 Å². The summed E-state index contributed by atoms with van der Waals surface area (Å²) < 4.78 is 47.0. The number of likely N-dealkylation sites (tertiary alicyclic amines) is 1. The van der Waals surface area contributed by atoms with Crippen LogP contribution in [-0.2, 0) is 24.4 Å². The number of methoxy groups -OCH3 is 1. The molecule has 54 heavy (non-hydrogen) atoms. The lowest BCUT2D eigenvalue weighted by Crippen LogP contribution is -2.56.